The van der Waals surface area contributed by atoms with Gasteiger partial charge in [-0.3, -0.25) is 5.32 Å². The molecule has 0 aromatic rings. The van der Waals surface area contributed by atoms with Gasteiger partial charge in [-0.25, -0.2) is 0 Å². The first-order valence-corrected chi connectivity index (χ1v) is 6.92. The maximum Gasteiger partial charge on any atom is 0.103 e. The van der Waals surface area contributed by atoms with Crippen LogP contribution in [0.4, 0.5) is 0 Å². The Bertz CT molecular complexity index is 222. The maximum atomic E-state index is 9.18. The van der Waals surface area contributed by atoms with E-state index in [0.717, 1.165) is 32.4 Å². The summed E-state index contributed by atoms with van der Waals surface area (Å²) in [4.78, 5) is 2.36. The first-order valence-electron chi connectivity index (χ1n) is 6.92. The number of unbranched alkanes of at least 4 members (excludes halogenated alkanes) is 1. The quantitative estimate of drug-likeness (QED) is 0.596. The van der Waals surface area contributed by atoms with Crippen LogP contribution in [0.5, 0.6) is 0 Å². The van der Waals surface area contributed by atoms with E-state index >= 15 is 0 Å². The molecule has 0 fully saturated rings. The van der Waals surface area contributed by atoms with Crippen LogP contribution in [0.1, 0.15) is 52.9 Å². The van der Waals surface area contributed by atoms with Gasteiger partial charge in [0, 0.05) is 0 Å². The Hall–Kier alpha value is -0.590. The summed E-state index contributed by atoms with van der Waals surface area (Å²) in [6.07, 6.45) is 5.54. The van der Waals surface area contributed by atoms with Gasteiger partial charge >= 0.3 is 0 Å². The van der Waals surface area contributed by atoms with E-state index in [1.165, 1.54) is 19.4 Å². The molecule has 0 radical (unpaired) electrons. The molecule has 100 valence electrons. The Morgan fingerprint density at radius 1 is 1.18 bits per heavy atom. The number of hydrogen-bond acceptors (Lipinski definition) is 3. The Kier molecular flexibility index (Phi) is 9.11. The SMILES string of the molecule is CCCNC(C)(C#N)CCCCN(C)CCC. The van der Waals surface area contributed by atoms with Crippen LogP contribution in [-0.2, 0) is 0 Å². The normalized spacial score (nSPS) is 14.6. The van der Waals surface area contributed by atoms with Gasteiger partial charge in [-0.1, -0.05) is 13.8 Å². The van der Waals surface area contributed by atoms with Gasteiger partial charge in [0.05, 0.1) is 6.07 Å². The lowest BCUT2D eigenvalue weighted by atomic mass is 9.96. The van der Waals surface area contributed by atoms with Gasteiger partial charge in [0.1, 0.15) is 5.54 Å². The molecule has 0 rings (SSSR count). The van der Waals surface area contributed by atoms with Crippen molar-refractivity contribution in [3.8, 4) is 6.07 Å². The van der Waals surface area contributed by atoms with Crippen molar-refractivity contribution in [2.75, 3.05) is 26.7 Å². The summed E-state index contributed by atoms with van der Waals surface area (Å²) in [6, 6.07) is 2.40. The zero-order valence-corrected chi connectivity index (χ0v) is 12.1. The summed E-state index contributed by atoms with van der Waals surface area (Å²) in [5, 5.41) is 12.5. The van der Waals surface area contributed by atoms with Crippen molar-refractivity contribution in [1.29, 1.82) is 5.26 Å². The van der Waals surface area contributed by atoms with E-state index < -0.39 is 0 Å². The summed E-state index contributed by atoms with van der Waals surface area (Å²) in [6.45, 7) is 9.59. The van der Waals surface area contributed by atoms with Crippen molar-refractivity contribution < 1.29 is 0 Å². The smallest absolute Gasteiger partial charge is 0.103 e. The average molecular weight is 239 g/mol. The molecule has 0 saturated carbocycles. The molecule has 0 saturated heterocycles. The summed E-state index contributed by atoms with van der Waals surface area (Å²) in [5.41, 5.74) is -0.334. The molecule has 0 aliphatic heterocycles. The fourth-order valence-corrected chi connectivity index (χ4v) is 1.94. The van der Waals surface area contributed by atoms with Crippen LogP contribution in [0.3, 0.4) is 0 Å². The van der Waals surface area contributed by atoms with Crippen LogP contribution in [0.15, 0.2) is 0 Å². The van der Waals surface area contributed by atoms with E-state index in [1.54, 1.807) is 0 Å². The fraction of sp³-hybridized carbons (Fsp3) is 0.929. The van der Waals surface area contributed by atoms with E-state index in [9.17, 15) is 5.26 Å². The number of nitrogens with one attached hydrogen (secondary N) is 1. The number of rotatable bonds is 10. The van der Waals surface area contributed by atoms with Crippen molar-refractivity contribution in [3.63, 3.8) is 0 Å². The molecular formula is C14H29N3. The highest BCUT2D eigenvalue weighted by atomic mass is 15.1. The van der Waals surface area contributed by atoms with Crippen LogP contribution >= 0.6 is 0 Å². The average Bonchev–Trinajstić information content (AvgIpc) is 2.32. The van der Waals surface area contributed by atoms with Crippen molar-refractivity contribution in [3.05, 3.63) is 0 Å². The minimum Gasteiger partial charge on any atom is -0.306 e. The molecule has 0 amide bonds. The lowest BCUT2D eigenvalue weighted by molar-refractivity contribution is 0.314. The molecule has 3 nitrogen and oxygen atoms in total. The summed E-state index contributed by atoms with van der Waals surface area (Å²) < 4.78 is 0. The molecule has 0 aromatic carbocycles. The molecule has 1 atom stereocenters. The maximum absolute atomic E-state index is 9.18. The van der Waals surface area contributed by atoms with E-state index in [2.05, 4.69) is 37.2 Å². The molecule has 0 aliphatic carbocycles. The van der Waals surface area contributed by atoms with Gasteiger partial charge < -0.3 is 4.90 Å². The topological polar surface area (TPSA) is 39.1 Å². The lowest BCUT2D eigenvalue weighted by Crippen LogP contribution is -2.41. The summed E-state index contributed by atoms with van der Waals surface area (Å²) >= 11 is 0. The molecule has 17 heavy (non-hydrogen) atoms. The largest absolute Gasteiger partial charge is 0.306 e. The highest BCUT2D eigenvalue weighted by molar-refractivity contribution is 5.03. The molecule has 0 bridgehead atoms. The Morgan fingerprint density at radius 3 is 2.41 bits per heavy atom. The third-order valence-corrected chi connectivity index (χ3v) is 3.08. The number of nitriles is 1. The third-order valence-electron chi connectivity index (χ3n) is 3.08. The minimum absolute atomic E-state index is 0.334. The molecule has 0 aliphatic rings. The minimum atomic E-state index is -0.334. The third kappa shape index (κ3) is 8.18. The molecule has 1 N–H and O–H groups in total. The highest BCUT2D eigenvalue weighted by Crippen LogP contribution is 2.13. The van der Waals surface area contributed by atoms with E-state index in [1.807, 2.05) is 6.92 Å². The van der Waals surface area contributed by atoms with Gasteiger partial charge in [-0.2, -0.15) is 5.26 Å². The van der Waals surface area contributed by atoms with Crippen LogP contribution in [0.2, 0.25) is 0 Å². The van der Waals surface area contributed by atoms with Crippen LogP contribution in [-0.4, -0.2) is 37.1 Å². The van der Waals surface area contributed by atoms with Gasteiger partial charge in [0.15, 0.2) is 0 Å². The van der Waals surface area contributed by atoms with Crippen LogP contribution in [0.25, 0.3) is 0 Å². The van der Waals surface area contributed by atoms with Gasteiger partial charge in [0.2, 0.25) is 0 Å². The van der Waals surface area contributed by atoms with E-state index in [4.69, 9.17) is 0 Å². The Balaban J connectivity index is 3.73. The van der Waals surface area contributed by atoms with Crippen molar-refractivity contribution in [2.24, 2.45) is 0 Å². The monoisotopic (exact) mass is 239 g/mol. The number of hydrogen-bond donors (Lipinski definition) is 1. The second-order valence-corrected chi connectivity index (χ2v) is 5.13. The van der Waals surface area contributed by atoms with E-state index in [0.29, 0.717) is 0 Å². The lowest BCUT2D eigenvalue weighted by Gasteiger charge is -2.23. The first-order chi connectivity index (χ1) is 8.08. The molecule has 1 unspecified atom stereocenters. The first kappa shape index (κ1) is 16.4. The van der Waals surface area contributed by atoms with Gasteiger partial charge in [-0.15, -0.1) is 0 Å². The second-order valence-electron chi connectivity index (χ2n) is 5.13. The predicted octanol–water partition coefficient (Wildman–Crippen LogP) is 2.78. The predicted molar refractivity (Wildman–Crippen MR) is 74.0 cm³/mol. The molecule has 0 aromatic heterocycles. The zero-order valence-electron chi connectivity index (χ0n) is 12.1. The number of nitrogens with zero attached hydrogens (tertiary/aromatic N) is 2. The van der Waals surface area contributed by atoms with Crippen LogP contribution in [0, 0.1) is 11.3 Å². The fourth-order valence-electron chi connectivity index (χ4n) is 1.94. The van der Waals surface area contributed by atoms with Crippen molar-refractivity contribution in [1.82, 2.24) is 10.2 Å². The molecular weight excluding hydrogens is 210 g/mol. The molecule has 0 heterocycles. The zero-order chi connectivity index (χ0) is 13.1. The van der Waals surface area contributed by atoms with Gasteiger partial charge in [-0.05, 0) is 65.7 Å². The van der Waals surface area contributed by atoms with Crippen molar-refractivity contribution >= 4 is 0 Å². The Labute approximate surface area is 107 Å². The van der Waals surface area contributed by atoms with Crippen molar-refractivity contribution in [2.45, 2.75) is 58.4 Å². The summed E-state index contributed by atoms with van der Waals surface area (Å²) in [7, 11) is 2.17. The highest BCUT2D eigenvalue weighted by Gasteiger charge is 2.21. The van der Waals surface area contributed by atoms with Gasteiger partial charge in [0.25, 0.3) is 0 Å². The van der Waals surface area contributed by atoms with E-state index in [-0.39, 0.29) is 5.54 Å². The standard InChI is InChI=1S/C14H29N3/c1-5-10-16-14(3,13-15)9-7-8-12-17(4)11-6-2/h16H,5-12H2,1-4H3. The van der Waals surface area contributed by atoms with Crippen LogP contribution < -0.4 is 5.32 Å². The molecule has 3 heteroatoms. The second kappa shape index (κ2) is 9.44. The molecule has 0 spiro atoms. The summed E-state index contributed by atoms with van der Waals surface area (Å²) in [5.74, 6) is 0. The Morgan fingerprint density at radius 2 is 1.88 bits per heavy atom.